The Morgan fingerprint density at radius 2 is 1.86 bits per heavy atom. The summed E-state index contributed by atoms with van der Waals surface area (Å²) in [7, 11) is -8.43. The van der Waals surface area contributed by atoms with Crippen LogP contribution in [0.15, 0.2) is 28.3 Å². The average molecular weight is 346 g/mol. The van der Waals surface area contributed by atoms with E-state index >= 15 is 0 Å². The molecule has 0 atom stereocenters. The second kappa shape index (κ2) is 5.28. The van der Waals surface area contributed by atoms with Gasteiger partial charge in [-0.2, -0.15) is 4.31 Å². The second-order valence-corrected chi connectivity index (χ2v) is 7.92. The third kappa shape index (κ3) is 2.73. The second-order valence-electron chi connectivity index (χ2n) is 4.69. The van der Waals surface area contributed by atoms with E-state index in [0.29, 0.717) is 13.2 Å². The molecule has 1 aromatic carbocycles. The van der Waals surface area contributed by atoms with Gasteiger partial charge in [0.2, 0.25) is 15.2 Å². The first kappa shape index (κ1) is 15.4. The van der Waals surface area contributed by atoms with Crippen LogP contribution in [0.3, 0.4) is 0 Å². The van der Waals surface area contributed by atoms with Gasteiger partial charge in [-0.25, -0.2) is 21.8 Å². The molecule has 1 fully saturated rings. The number of aromatic amines is 1. The molecule has 0 spiro atoms. The van der Waals surface area contributed by atoms with E-state index in [2.05, 4.69) is 9.97 Å². The molecule has 1 N–H and O–H groups in total. The number of hydrogen-bond donors (Lipinski definition) is 1. The molecule has 11 heteroatoms. The summed E-state index contributed by atoms with van der Waals surface area (Å²) in [4.78, 5) is 5.97. The van der Waals surface area contributed by atoms with Gasteiger partial charge in [0.15, 0.2) is 10.1 Å². The molecule has 2 heterocycles. The van der Waals surface area contributed by atoms with Crippen molar-refractivity contribution in [2.75, 3.05) is 26.3 Å². The summed E-state index contributed by atoms with van der Waals surface area (Å²) in [5.41, 5.74) is 0.374. The van der Waals surface area contributed by atoms with Gasteiger partial charge in [0.1, 0.15) is 0 Å². The smallest absolute Gasteiger partial charge is 0.243 e. The lowest BCUT2D eigenvalue weighted by Gasteiger charge is -2.25. The quantitative estimate of drug-likeness (QED) is 0.740. The van der Waals surface area contributed by atoms with Crippen LogP contribution in [0.25, 0.3) is 11.0 Å². The molecular weight excluding hydrogens is 334 g/mol. The first-order valence-corrected chi connectivity index (χ1v) is 9.17. The van der Waals surface area contributed by atoms with Crippen molar-refractivity contribution in [1.29, 1.82) is 0 Å². The average Bonchev–Trinajstić information content (AvgIpc) is 2.91. The Morgan fingerprint density at radius 1 is 1.18 bits per heavy atom. The predicted molar refractivity (Wildman–Crippen MR) is 73.6 cm³/mol. The Kier molecular flexibility index (Phi) is 3.69. The first-order valence-electron chi connectivity index (χ1n) is 6.32. The number of imidazole rings is 1. The number of hydrogen-bond acceptors (Lipinski definition) is 7. The van der Waals surface area contributed by atoms with Gasteiger partial charge in [-0.3, -0.25) is 0 Å². The molecule has 0 radical (unpaired) electrons. The molecular formula is C11H12N3O6S2-. The Bertz CT molecular complexity index is 912. The first-order chi connectivity index (χ1) is 10.3. The van der Waals surface area contributed by atoms with Crippen molar-refractivity contribution in [2.24, 2.45) is 0 Å². The third-order valence-corrected chi connectivity index (χ3v) is 5.84. The van der Waals surface area contributed by atoms with Crippen molar-refractivity contribution in [3.05, 3.63) is 18.2 Å². The van der Waals surface area contributed by atoms with Crippen LogP contribution in [-0.2, 0) is 24.9 Å². The SMILES string of the molecule is O=S(=O)([O-])c1nc2ccc(S(=O)(=O)N3CCOCC3)cc2[nH]1. The summed E-state index contributed by atoms with van der Waals surface area (Å²) in [5.74, 6) is 0. The van der Waals surface area contributed by atoms with Crippen LogP contribution in [0.4, 0.5) is 0 Å². The fraction of sp³-hybridized carbons (Fsp3) is 0.364. The third-order valence-electron chi connectivity index (χ3n) is 3.28. The van der Waals surface area contributed by atoms with Crippen LogP contribution in [-0.4, -0.2) is 62.0 Å². The minimum absolute atomic E-state index is 0.000368. The van der Waals surface area contributed by atoms with Crippen LogP contribution in [0.5, 0.6) is 0 Å². The number of sulfonamides is 1. The van der Waals surface area contributed by atoms with Crippen LogP contribution in [0.2, 0.25) is 0 Å². The fourth-order valence-corrected chi connectivity index (χ4v) is 4.06. The Hall–Kier alpha value is -1.53. The predicted octanol–water partition coefficient (Wildman–Crippen LogP) is -0.512. The highest BCUT2D eigenvalue weighted by Gasteiger charge is 2.26. The summed E-state index contributed by atoms with van der Waals surface area (Å²) in [6.07, 6.45) is 0. The number of nitrogens with zero attached hydrogens (tertiary/aromatic N) is 2. The van der Waals surface area contributed by atoms with Crippen LogP contribution in [0.1, 0.15) is 0 Å². The Balaban J connectivity index is 2.04. The zero-order valence-corrected chi connectivity index (χ0v) is 12.9. The van der Waals surface area contributed by atoms with Crippen molar-refractivity contribution in [3.8, 4) is 0 Å². The van der Waals surface area contributed by atoms with E-state index in [1.54, 1.807) is 0 Å². The lowest BCUT2D eigenvalue weighted by Crippen LogP contribution is -2.40. The molecule has 0 amide bonds. The molecule has 22 heavy (non-hydrogen) atoms. The highest BCUT2D eigenvalue weighted by atomic mass is 32.2. The molecule has 1 aliphatic rings. The number of benzene rings is 1. The maximum Gasteiger partial charge on any atom is 0.243 e. The summed E-state index contributed by atoms with van der Waals surface area (Å²) in [6, 6.07) is 3.95. The molecule has 0 saturated carbocycles. The molecule has 0 bridgehead atoms. The van der Waals surface area contributed by atoms with Crippen molar-refractivity contribution >= 4 is 31.2 Å². The molecule has 0 aliphatic carbocycles. The highest BCUT2D eigenvalue weighted by Crippen LogP contribution is 2.22. The maximum absolute atomic E-state index is 12.5. The number of morpholine rings is 1. The summed E-state index contributed by atoms with van der Waals surface area (Å²) >= 11 is 0. The number of H-pyrrole nitrogens is 1. The van der Waals surface area contributed by atoms with Gasteiger partial charge in [0.25, 0.3) is 0 Å². The van der Waals surface area contributed by atoms with E-state index < -0.39 is 25.3 Å². The monoisotopic (exact) mass is 346 g/mol. The number of aromatic nitrogens is 2. The van der Waals surface area contributed by atoms with Crippen LogP contribution in [0, 0.1) is 0 Å². The van der Waals surface area contributed by atoms with Gasteiger partial charge in [0.05, 0.1) is 29.1 Å². The molecule has 9 nitrogen and oxygen atoms in total. The lowest BCUT2D eigenvalue weighted by atomic mass is 10.3. The van der Waals surface area contributed by atoms with Gasteiger partial charge in [-0.15, -0.1) is 0 Å². The molecule has 2 aromatic rings. The van der Waals surface area contributed by atoms with Gasteiger partial charge in [0, 0.05) is 13.1 Å². The fourth-order valence-electron chi connectivity index (χ4n) is 2.18. The van der Waals surface area contributed by atoms with Gasteiger partial charge < -0.3 is 14.3 Å². The van der Waals surface area contributed by atoms with Crippen molar-refractivity contribution < 1.29 is 26.1 Å². The van der Waals surface area contributed by atoms with Gasteiger partial charge in [-0.05, 0) is 18.2 Å². The lowest BCUT2D eigenvalue weighted by molar-refractivity contribution is 0.0730. The molecule has 120 valence electrons. The van der Waals surface area contributed by atoms with E-state index in [4.69, 9.17) is 4.74 Å². The normalized spacial score (nSPS) is 17.9. The van der Waals surface area contributed by atoms with Crippen LogP contribution >= 0.6 is 0 Å². The summed E-state index contributed by atoms with van der Waals surface area (Å²) in [6.45, 7) is 1.15. The minimum atomic E-state index is -4.73. The Morgan fingerprint density at radius 3 is 2.50 bits per heavy atom. The van der Waals surface area contributed by atoms with Crippen molar-refractivity contribution in [3.63, 3.8) is 0 Å². The topological polar surface area (TPSA) is 132 Å². The number of nitrogens with one attached hydrogen (secondary N) is 1. The molecule has 1 saturated heterocycles. The molecule has 0 unspecified atom stereocenters. The number of fused-ring (bicyclic) bond motifs is 1. The van der Waals surface area contributed by atoms with E-state index in [1.807, 2.05) is 0 Å². The number of rotatable bonds is 3. The molecule has 1 aliphatic heterocycles. The van der Waals surface area contributed by atoms with Gasteiger partial charge in [-0.1, -0.05) is 0 Å². The molecule has 1 aromatic heterocycles. The zero-order valence-electron chi connectivity index (χ0n) is 11.2. The Labute approximate surface area is 126 Å². The standard InChI is InChI=1S/C11H13N3O6S2/c15-21(16,14-3-5-20-6-4-14)8-1-2-9-10(7-8)13-11(12-9)22(17,18)19/h1-2,7H,3-6H2,(H,12,13)(H,17,18,19)/p-1. The van der Waals surface area contributed by atoms with E-state index in [9.17, 15) is 21.4 Å². The highest BCUT2D eigenvalue weighted by molar-refractivity contribution is 7.89. The summed E-state index contributed by atoms with van der Waals surface area (Å²) < 4.78 is 64.2. The zero-order chi connectivity index (χ0) is 16.0. The van der Waals surface area contributed by atoms with E-state index in [-0.39, 0.29) is 29.0 Å². The minimum Gasteiger partial charge on any atom is -0.742 e. The van der Waals surface area contributed by atoms with Crippen molar-refractivity contribution in [2.45, 2.75) is 10.1 Å². The van der Waals surface area contributed by atoms with E-state index in [0.717, 1.165) is 0 Å². The van der Waals surface area contributed by atoms with E-state index in [1.165, 1.54) is 22.5 Å². The summed E-state index contributed by atoms with van der Waals surface area (Å²) in [5, 5.41) is -0.733. The largest absolute Gasteiger partial charge is 0.742 e. The van der Waals surface area contributed by atoms with Crippen molar-refractivity contribution in [1.82, 2.24) is 14.3 Å². The number of ether oxygens (including phenoxy) is 1. The van der Waals surface area contributed by atoms with Crippen LogP contribution < -0.4 is 0 Å². The molecule has 3 rings (SSSR count). The van der Waals surface area contributed by atoms with Gasteiger partial charge >= 0.3 is 0 Å². The maximum atomic E-state index is 12.5.